The summed E-state index contributed by atoms with van der Waals surface area (Å²) < 4.78 is 0. The molecule has 2 aromatic rings. The third-order valence-corrected chi connectivity index (χ3v) is 3.57. The van der Waals surface area contributed by atoms with Crippen molar-refractivity contribution in [2.24, 2.45) is 0 Å². The molecule has 0 saturated heterocycles. The number of nitrogens with zero attached hydrogens (tertiary/aromatic N) is 1. The average molecular weight is 297 g/mol. The van der Waals surface area contributed by atoms with Gasteiger partial charge in [-0.3, -0.25) is 4.79 Å². The van der Waals surface area contributed by atoms with Gasteiger partial charge >= 0.3 is 0 Å². The van der Waals surface area contributed by atoms with Crippen LogP contribution in [-0.2, 0) is 0 Å². The Hall–Kier alpha value is -1.79. The van der Waals surface area contributed by atoms with Crippen LogP contribution in [0.4, 0.5) is 16.6 Å². The van der Waals surface area contributed by atoms with Gasteiger partial charge < -0.3 is 16.4 Å². The largest absolute Gasteiger partial charge is 0.382 e. The smallest absolute Gasteiger partial charge is 0.269 e. The Bertz CT molecular complexity index is 582. The molecular formula is C12H13ClN4OS. The summed E-state index contributed by atoms with van der Waals surface area (Å²) in [6.45, 7) is 2.68. The first kappa shape index (κ1) is 13.6. The Kier molecular flexibility index (Phi) is 4.24. The summed E-state index contributed by atoms with van der Waals surface area (Å²) in [4.78, 5) is 16.5. The Morgan fingerprint density at radius 2 is 2.11 bits per heavy atom. The molecule has 0 unspecified atom stereocenters. The molecule has 7 heteroatoms. The first-order valence-corrected chi connectivity index (χ1v) is 6.86. The highest BCUT2D eigenvalue weighted by molar-refractivity contribution is 7.18. The van der Waals surface area contributed by atoms with Crippen molar-refractivity contribution in [2.45, 2.75) is 6.92 Å². The first-order valence-electron chi connectivity index (χ1n) is 5.67. The lowest BCUT2D eigenvalue weighted by molar-refractivity contribution is 0.103. The molecule has 100 valence electrons. The van der Waals surface area contributed by atoms with E-state index >= 15 is 0 Å². The molecule has 0 fully saturated rings. The summed E-state index contributed by atoms with van der Waals surface area (Å²) in [7, 11) is 0. The molecule has 19 heavy (non-hydrogen) atoms. The van der Waals surface area contributed by atoms with Gasteiger partial charge in [-0.25, -0.2) is 4.98 Å². The highest BCUT2D eigenvalue weighted by Gasteiger charge is 2.16. The minimum atomic E-state index is -0.276. The molecule has 1 aromatic heterocycles. The van der Waals surface area contributed by atoms with Crippen molar-refractivity contribution in [3.05, 3.63) is 34.2 Å². The summed E-state index contributed by atoms with van der Waals surface area (Å²) in [5, 5.41) is 7.03. The fraction of sp³-hybridized carbons (Fsp3) is 0.167. The molecule has 0 bridgehead atoms. The molecule has 1 heterocycles. The van der Waals surface area contributed by atoms with E-state index in [-0.39, 0.29) is 11.7 Å². The van der Waals surface area contributed by atoms with E-state index in [0.29, 0.717) is 20.7 Å². The monoisotopic (exact) mass is 296 g/mol. The topological polar surface area (TPSA) is 80.0 Å². The van der Waals surface area contributed by atoms with Gasteiger partial charge in [0.15, 0.2) is 5.13 Å². The van der Waals surface area contributed by atoms with Crippen LogP contribution in [0.2, 0.25) is 5.02 Å². The standard InChI is InChI=1S/C12H13ClN4OS/c1-2-15-12-17-10(14)9(19-12)11(18)16-8-5-3-7(13)4-6-8/h3-6H,2,14H2,1H3,(H,15,17)(H,16,18). The van der Waals surface area contributed by atoms with E-state index in [1.54, 1.807) is 24.3 Å². The lowest BCUT2D eigenvalue weighted by Crippen LogP contribution is -2.12. The number of carbonyl (C=O) groups is 1. The lowest BCUT2D eigenvalue weighted by atomic mass is 10.3. The molecule has 0 saturated carbocycles. The number of hydrogen-bond donors (Lipinski definition) is 3. The molecule has 0 spiro atoms. The van der Waals surface area contributed by atoms with Crippen LogP contribution >= 0.6 is 22.9 Å². The summed E-state index contributed by atoms with van der Waals surface area (Å²) in [5.41, 5.74) is 6.39. The predicted octanol–water partition coefficient (Wildman–Crippen LogP) is 3.06. The van der Waals surface area contributed by atoms with Crippen LogP contribution in [-0.4, -0.2) is 17.4 Å². The number of anilines is 3. The number of nitrogen functional groups attached to an aromatic ring is 1. The second kappa shape index (κ2) is 5.90. The quantitative estimate of drug-likeness (QED) is 0.810. The van der Waals surface area contributed by atoms with E-state index in [9.17, 15) is 4.79 Å². The first-order chi connectivity index (χ1) is 9.10. The van der Waals surface area contributed by atoms with Crippen LogP contribution < -0.4 is 16.4 Å². The van der Waals surface area contributed by atoms with Crippen LogP contribution in [0.15, 0.2) is 24.3 Å². The predicted molar refractivity (Wildman–Crippen MR) is 80.1 cm³/mol. The average Bonchev–Trinajstić information content (AvgIpc) is 2.74. The van der Waals surface area contributed by atoms with Crippen molar-refractivity contribution in [2.75, 3.05) is 22.9 Å². The van der Waals surface area contributed by atoms with Gasteiger partial charge in [0, 0.05) is 17.3 Å². The summed E-state index contributed by atoms with van der Waals surface area (Å²) in [5.74, 6) is -0.0473. The number of nitrogens with one attached hydrogen (secondary N) is 2. The zero-order valence-electron chi connectivity index (χ0n) is 10.2. The van der Waals surface area contributed by atoms with E-state index < -0.39 is 0 Å². The number of rotatable bonds is 4. The number of nitrogens with two attached hydrogens (primary N) is 1. The minimum Gasteiger partial charge on any atom is -0.382 e. The maximum Gasteiger partial charge on any atom is 0.269 e. The number of benzene rings is 1. The molecule has 0 aliphatic carbocycles. The molecule has 4 N–H and O–H groups in total. The summed E-state index contributed by atoms with van der Waals surface area (Å²) in [6, 6.07) is 6.86. The molecule has 0 atom stereocenters. The van der Waals surface area contributed by atoms with E-state index in [1.165, 1.54) is 11.3 Å². The van der Waals surface area contributed by atoms with Crippen molar-refractivity contribution >= 4 is 45.5 Å². The Labute approximate surface area is 119 Å². The Morgan fingerprint density at radius 1 is 1.42 bits per heavy atom. The van der Waals surface area contributed by atoms with Crippen LogP contribution in [0.1, 0.15) is 16.6 Å². The second-order valence-electron chi connectivity index (χ2n) is 3.72. The molecule has 2 rings (SSSR count). The maximum absolute atomic E-state index is 12.1. The molecule has 1 amide bonds. The zero-order chi connectivity index (χ0) is 13.8. The fourth-order valence-electron chi connectivity index (χ4n) is 1.44. The number of carbonyl (C=O) groups excluding carboxylic acids is 1. The lowest BCUT2D eigenvalue weighted by Gasteiger charge is -2.03. The van der Waals surface area contributed by atoms with Gasteiger partial charge in [0.1, 0.15) is 10.7 Å². The zero-order valence-corrected chi connectivity index (χ0v) is 11.8. The number of amides is 1. The maximum atomic E-state index is 12.1. The summed E-state index contributed by atoms with van der Waals surface area (Å²) in [6.07, 6.45) is 0. The van der Waals surface area contributed by atoms with Crippen molar-refractivity contribution < 1.29 is 4.79 Å². The summed E-state index contributed by atoms with van der Waals surface area (Å²) >= 11 is 7.01. The van der Waals surface area contributed by atoms with Gasteiger partial charge in [0.25, 0.3) is 5.91 Å². The minimum absolute atomic E-state index is 0.229. The van der Waals surface area contributed by atoms with Gasteiger partial charge in [-0.1, -0.05) is 22.9 Å². The number of halogens is 1. The number of hydrogen-bond acceptors (Lipinski definition) is 5. The van der Waals surface area contributed by atoms with Crippen LogP contribution in [0.3, 0.4) is 0 Å². The van der Waals surface area contributed by atoms with Gasteiger partial charge in [-0.15, -0.1) is 0 Å². The Morgan fingerprint density at radius 3 is 2.74 bits per heavy atom. The van der Waals surface area contributed by atoms with Crippen molar-refractivity contribution in [1.82, 2.24) is 4.98 Å². The van der Waals surface area contributed by atoms with E-state index in [2.05, 4.69) is 15.6 Å². The van der Waals surface area contributed by atoms with Gasteiger partial charge in [-0.05, 0) is 31.2 Å². The van der Waals surface area contributed by atoms with Gasteiger partial charge in [0.2, 0.25) is 0 Å². The molecule has 0 aliphatic rings. The van der Waals surface area contributed by atoms with Crippen molar-refractivity contribution in [3.8, 4) is 0 Å². The molecule has 0 radical (unpaired) electrons. The van der Waals surface area contributed by atoms with E-state index in [4.69, 9.17) is 17.3 Å². The molecule has 5 nitrogen and oxygen atoms in total. The van der Waals surface area contributed by atoms with Gasteiger partial charge in [-0.2, -0.15) is 0 Å². The number of aromatic nitrogens is 1. The molecule has 1 aromatic carbocycles. The number of thiazole rings is 1. The molecule has 0 aliphatic heterocycles. The van der Waals surface area contributed by atoms with E-state index in [1.807, 2.05) is 6.92 Å². The van der Waals surface area contributed by atoms with Crippen LogP contribution in [0.25, 0.3) is 0 Å². The SMILES string of the molecule is CCNc1nc(N)c(C(=O)Nc2ccc(Cl)cc2)s1. The third kappa shape index (κ3) is 3.36. The highest BCUT2D eigenvalue weighted by Crippen LogP contribution is 2.26. The van der Waals surface area contributed by atoms with Crippen molar-refractivity contribution in [1.29, 1.82) is 0 Å². The molecular weight excluding hydrogens is 284 g/mol. The highest BCUT2D eigenvalue weighted by atomic mass is 35.5. The normalized spacial score (nSPS) is 10.2. The van der Waals surface area contributed by atoms with Gasteiger partial charge in [0.05, 0.1) is 0 Å². The van der Waals surface area contributed by atoms with Crippen LogP contribution in [0.5, 0.6) is 0 Å². The second-order valence-corrected chi connectivity index (χ2v) is 5.16. The Balaban J connectivity index is 2.13. The van der Waals surface area contributed by atoms with Crippen LogP contribution in [0, 0.1) is 0 Å². The fourth-order valence-corrected chi connectivity index (χ4v) is 2.42. The van der Waals surface area contributed by atoms with Crippen molar-refractivity contribution in [3.63, 3.8) is 0 Å². The van der Waals surface area contributed by atoms with E-state index in [0.717, 1.165) is 6.54 Å². The third-order valence-electron chi connectivity index (χ3n) is 2.29.